The van der Waals surface area contributed by atoms with Crippen LogP contribution in [0.1, 0.15) is 12.5 Å². The van der Waals surface area contributed by atoms with Crippen molar-refractivity contribution in [3.05, 3.63) is 54.6 Å². The van der Waals surface area contributed by atoms with Crippen molar-refractivity contribution in [2.24, 2.45) is 0 Å². The molecule has 0 atom stereocenters. The molecule has 0 amide bonds. The van der Waals surface area contributed by atoms with E-state index in [2.05, 4.69) is 60.5 Å². The van der Waals surface area contributed by atoms with Crippen LogP contribution in [0, 0.1) is 0 Å². The van der Waals surface area contributed by atoms with E-state index in [4.69, 9.17) is 0 Å². The molecule has 0 saturated heterocycles. The van der Waals surface area contributed by atoms with Crippen LogP contribution in [0.2, 0.25) is 0 Å². The van der Waals surface area contributed by atoms with Gasteiger partial charge < -0.3 is 4.57 Å². The second-order valence-corrected chi connectivity index (χ2v) is 4.27. The maximum atomic E-state index is 3.91. The molecule has 0 aliphatic carbocycles. The maximum absolute atomic E-state index is 3.91. The molecular weight excluding hydrogens is 206 g/mol. The van der Waals surface area contributed by atoms with Gasteiger partial charge in [0.2, 0.25) is 0 Å². The highest BCUT2D eigenvalue weighted by atomic mass is 14.9. The van der Waals surface area contributed by atoms with E-state index in [-0.39, 0.29) is 0 Å². The molecular formula is C16H15N. The van der Waals surface area contributed by atoms with E-state index in [1.54, 1.807) is 0 Å². The minimum absolute atomic E-state index is 1.07. The van der Waals surface area contributed by atoms with E-state index in [1.807, 2.05) is 6.20 Å². The number of aryl methyl sites for hydroxylation is 1. The fourth-order valence-electron chi connectivity index (χ4n) is 2.47. The molecule has 1 nitrogen and oxygen atoms in total. The zero-order valence-electron chi connectivity index (χ0n) is 9.98. The van der Waals surface area contributed by atoms with Crippen molar-refractivity contribution in [3.8, 4) is 0 Å². The summed E-state index contributed by atoms with van der Waals surface area (Å²) in [6.45, 7) is 6.10. The predicted molar refractivity (Wildman–Crippen MR) is 75.2 cm³/mol. The lowest BCUT2D eigenvalue weighted by Gasteiger charge is -2.00. The minimum Gasteiger partial charge on any atom is -0.317 e. The molecule has 0 fully saturated rings. The zero-order valence-corrected chi connectivity index (χ0v) is 9.98. The first-order valence-corrected chi connectivity index (χ1v) is 5.99. The Labute approximate surface area is 101 Å². The molecule has 0 bridgehead atoms. The highest BCUT2D eigenvalue weighted by molar-refractivity contribution is 6.09. The molecule has 1 heteroatoms. The smallest absolute Gasteiger partial charge is 0.0534 e. The lowest BCUT2D eigenvalue weighted by atomic mass is 10.1. The first-order chi connectivity index (χ1) is 8.35. The van der Waals surface area contributed by atoms with E-state index in [0.29, 0.717) is 0 Å². The second-order valence-electron chi connectivity index (χ2n) is 4.27. The molecule has 0 aliphatic rings. The Bertz CT molecular complexity index is 704. The van der Waals surface area contributed by atoms with Gasteiger partial charge in [0.1, 0.15) is 0 Å². The number of rotatable bonds is 2. The van der Waals surface area contributed by atoms with Crippen LogP contribution in [0.15, 0.2) is 49.0 Å². The first kappa shape index (κ1) is 10.2. The van der Waals surface area contributed by atoms with Crippen molar-refractivity contribution in [2.75, 3.05) is 0 Å². The fourth-order valence-corrected chi connectivity index (χ4v) is 2.47. The molecule has 0 radical (unpaired) electrons. The van der Waals surface area contributed by atoms with Crippen molar-refractivity contribution >= 4 is 28.0 Å². The summed E-state index contributed by atoms with van der Waals surface area (Å²) in [6, 6.07) is 15.2. The minimum atomic E-state index is 1.07. The van der Waals surface area contributed by atoms with Crippen molar-refractivity contribution in [3.63, 3.8) is 0 Å². The predicted octanol–water partition coefficient (Wildman–Crippen LogP) is 4.46. The van der Waals surface area contributed by atoms with Gasteiger partial charge in [0, 0.05) is 17.0 Å². The number of benzene rings is 2. The Morgan fingerprint density at radius 1 is 1.06 bits per heavy atom. The Morgan fingerprint density at radius 2 is 1.82 bits per heavy atom. The summed E-state index contributed by atoms with van der Waals surface area (Å²) in [4.78, 5) is 0. The largest absolute Gasteiger partial charge is 0.317 e. The van der Waals surface area contributed by atoms with Gasteiger partial charge in [-0.1, -0.05) is 37.8 Å². The first-order valence-electron chi connectivity index (χ1n) is 5.99. The van der Waals surface area contributed by atoms with Gasteiger partial charge in [-0.2, -0.15) is 0 Å². The second kappa shape index (κ2) is 3.77. The van der Waals surface area contributed by atoms with Crippen LogP contribution >= 0.6 is 0 Å². The van der Waals surface area contributed by atoms with Crippen molar-refractivity contribution in [1.82, 2.24) is 4.57 Å². The van der Waals surface area contributed by atoms with Gasteiger partial charge in [0.05, 0.1) is 11.0 Å². The topological polar surface area (TPSA) is 4.93 Å². The summed E-state index contributed by atoms with van der Waals surface area (Å²) in [5, 5.41) is 2.62. The van der Waals surface area contributed by atoms with Gasteiger partial charge >= 0.3 is 0 Å². The van der Waals surface area contributed by atoms with Gasteiger partial charge in [-0.05, 0) is 30.2 Å². The van der Waals surface area contributed by atoms with Crippen LogP contribution in [-0.4, -0.2) is 4.57 Å². The molecule has 1 heterocycles. The quantitative estimate of drug-likeness (QED) is 0.602. The average molecular weight is 221 g/mol. The lowest BCUT2D eigenvalue weighted by molar-refractivity contribution is 1.14. The number of hydrogen-bond acceptors (Lipinski definition) is 0. The standard InChI is InChI=1S/C16H15N/c1-3-12-9-10-16-14(11-12)13-7-5-6-8-15(13)17(16)4-2/h4-11H,2-3H2,1H3. The van der Waals surface area contributed by atoms with Gasteiger partial charge in [-0.3, -0.25) is 0 Å². The van der Waals surface area contributed by atoms with E-state index in [0.717, 1.165) is 6.42 Å². The fraction of sp³-hybridized carbons (Fsp3) is 0.125. The monoisotopic (exact) mass is 221 g/mol. The normalized spacial score (nSPS) is 11.1. The third-order valence-corrected chi connectivity index (χ3v) is 3.37. The average Bonchev–Trinajstić information content (AvgIpc) is 2.71. The Balaban J connectivity index is 2.54. The van der Waals surface area contributed by atoms with Crippen LogP contribution in [0.5, 0.6) is 0 Å². The van der Waals surface area contributed by atoms with E-state index >= 15 is 0 Å². The van der Waals surface area contributed by atoms with E-state index in [9.17, 15) is 0 Å². The van der Waals surface area contributed by atoms with Gasteiger partial charge in [-0.15, -0.1) is 0 Å². The van der Waals surface area contributed by atoms with Crippen molar-refractivity contribution in [2.45, 2.75) is 13.3 Å². The van der Waals surface area contributed by atoms with Crippen LogP contribution in [0.25, 0.3) is 28.0 Å². The van der Waals surface area contributed by atoms with Crippen LogP contribution in [0.3, 0.4) is 0 Å². The molecule has 0 saturated carbocycles. The summed E-state index contributed by atoms with van der Waals surface area (Å²) in [7, 11) is 0. The molecule has 3 rings (SSSR count). The van der Waals surface area contributed by atoms with Crippen LogP contribution in [-0.2, 0) is 6.42 Å². The Morgan fingerprint density at radius 3 is 2.59 bits per heavy atom. The van der Waals surface area contributed by atoms with Crippen LogP contribution < -0.4 is 0 Å². The number of aromatic nitrogens is 1. The molecule has 17 heavy (non-hydrogen) atoms. The maximum Gasteiger partial charge on any atom is 0.0534 e. The number of fused-ring (bicyclic) bond motifs is 3. The van der Waals surface area contributed by atoms with E-state index < -0.39 is 0 Å². The molecule has 0 spiro atoms. The lowest BCUT2D eigenvalue weighted by Crippen LogP contribution is -1.84. The van der Waals surface area contributed by atoms with Crippen LogP contribution in [0.4, 0.5) is 0 Å². The van der Waals surface area contributed by atoms with Crippen molar-refractivity contribution in [1.29, 1.82) is 0 Å². The molecule has 84 valence electrons. The molecule has 0 N–H and O–H groups in total. The summed E-state index contributed by atoms with van der Waals surface area (Å²) >= 11 is 0. The third-order valence-electron chi connectivity index (χ3n) is 3.37. The molecule has 0 unspecified atom stereocenters. The molecule has 3 aromatic rings. The van der Waals surface area contributed by atoms with E-state index in [1.165, 1.54) is 27.4 Å². The highest BCUT2D eigenvalue weighted by Gasteiger charge is 2.08. The summed E-state index contributed by atoms with van der Waals surface area (Å²) in [5.41, 5.74) is 3.84. The summed E-state index contributed by atoms with van der Waals surface area (Å²) in [5.74, 6) is 0. The third kappa shape index (κ3) is 1.39. The molecule has 2 aromatic carbocycles. The molecule has 1 aromatic heterocycles. The highest BCUT2D eigenvalue weighted by Crippen LogP contribution is 2.29. The van der Waals surface area contributed by atoms with Gasteiger partial charge in [-0.25, -0.2) is 0 Å². The van der Waals surface area contributed by atoms with Gasteiger partial charge in [0.25, 0.3) is 0 Å². The van der Waals surface area contributed by atoms with Crippen molar-refractivity contribution < 1.29 is 0 Å². The number of hydrogen-bond donors (Lipinski definition) is 0. The number of para-hydroxylation sites is 1. The Kier molecular flexibility index (Phi) is 2.25. The molecule has 0 aliphatic heterocycles. The zero-order chi connectivity index (χ0) is 11.8. The van der Waals surface area contributed by atoms with Gasteiger partial charge in [0.15, 0.2) is 0 Å². The summed E-state index contributed by atoms with van der Waals surface area (Å²) in [6.07, 6.45) is 2.96. The Hall–Kier alpha value is -2.02. The number of nitrogens with zero attached hydrogens (tertiary/aromatic N) is 1. The SMILES string of the molecule is C=Cn1c2ccccc2c2cc(CC)ccc21. The summed E-state index contributed by atoms with van der Waals surface area (Å²) < 4.78 is 2.16.